The summed E-state index contributed by atoms with van der Waals surface area (Å²) in [5.74, 6) is -1.10. The summed E-state index contributed by atoms with van der Waals surface area (Å²) in [7, 11) is -3.83. The molecule has 0 saturated carbocycles. The van der Waals surface area contributed by atoms with Crippen LogP contribution >= 0.6 is 0 Å². The summed E-state index contributed by atoms with van der Waals surface area (Å²) in [6.07, 6.45) is 4.50. The molecule has 2 aliphatic rings. The van der Waals surface area contributed by atoms with E-state index in [0.717, 1.165) is 44.3 Å². The lowest BCUT2D eigenvalue weighted by Gasteiger charge is -2.36. The van der Waals surface area contributed by atoms with E-state index in [1.807, 2.05) is 11.0 Å². The molecule has 0 radical (unpaired) electrons. The number of nitrogens with one attached hydrogen (secondary N) is 1. The topological polar surface area (TPSA) is 114 Å². The molecule has 0 atom stereocenters. The summed E-state index contributed by atoms with van der Waals surface area (Å²) in [6, 6.07) is 12.0. The SMILES string of the molecule is N#CCCN1CCN(c2ccc(NS(=O)(=O)c3ccc4c(c3)CCCC4)cc2C(=O)O)CC1. The molecular weight excluding hydrogens is 440 g/mol. The van der Waals surface area contributed by atoms with Gasteiger partial charge >= 0.3 is 5.97 Å². The van der Waals surface area contributed by atoms with Crippen molar-refractivity contribution < 1.29 is 18.3 Å². The van der Waals surface area contributed by atoms with Gasteiger partial charge in [-0.05, 0) is 67.1 Å². The summed E-state index contributed by atoms with van der Waals surface area (Å²) in [5.41, 5.74) is 3.12. The molecule has 9 heteroatoms. The molecule has 0 bridgehead atoms. The Morgan fingerprint density at radius 2 is 1.76 bits per heavy atom. The van der Waals surface area contributed by atoms with Crippen molar-refractivity contribution in [3.63, 3.8) is 0 Å². The first-order valence-corrected chi connectivity index (χ1v) is 12.7. The van der Waals surface area contributed by atoms with E-state index >= 15 is 0 Å². The average Bonchev–Trinajstić information content (AvgIpc) is 2.82. The number of benzene rings is 2. The number of carboxylic acid groups (broad SMARTS) is 1. The third kappa shape index (κ3) is 5.29. The number of sulfonamides is 1. The summed E-state index contributed by atoms with van der Waals surface area (Å²) in [6.45, 7) is 3.48. The number of carboxylic acids is 1. The lowest BCUT2D eigenvalue weighted by molar-refractivity contribution is 0.0697. The minimum atomic E-state index is -3.83. The highest BCUT2D eigenvalue weighted by atomic mass is 32.2. The minimum Gasteiger partial charge on any atom is -0.478 e. The fourth-order valence-corrected chi connectivity index (χ4v) is 5.66. The molecule has 1 fully saturated rings. The Bertz CT molecular complexity index is 1180. The van der Waals surface area contributed by atoms with Gasteiger partial charge in [0.05, 0.1) is 22.2 Å². The number of nitrogens with zero attached hydrogens (tertiary/aromatic N) is 3. The van der Waals surface area contributed by atoms with Gasteiger partial charge in [0.15, 0.2) is 0 Å². The number of hydrogen-bond acceptors (Lipinski definition) is 6. The van der Waals surface area contributed by atoms with Crippen LogP contribution in [0.5, 0.6) is 0 Å². The van der Waals surface area contributed by atoms with Crippen LogP contribution in [-0.2, 0) is 22.9 Å². The van der Waals surface area contributed by atoms with Crippen molar-refractivity contribution in [2.45, 2.75) is 37.0 Å². The van der Waals surface area contributed by atoms with Gasteiger partial charge in [0.1, 0.15) is 0 Å². The molecule has 2 N–H and O–H groups in total. The predicted octanol–water partition coefficient (Wildman–Crippen LogP) is 3.10. The van der Waals surface area contributed by atoms with Crippen molar-refractivity contribution in [2.24, 2.45) is 0 Å². The number of piperazine rings is 1. The first-order chi connectivity index (χ1) is 15.9. The Kier molecular flexibility index (Phi) is 6.86. The molecule has 33 heavy (non-hydrogen) atoms. The van der Waals surface area contributed by atoms with Crippen molar-refractivity contribution in [1.29, 1.82) is 5.26 Å². The molecule has 2 aromatic carbocycles. The number of aryl methyl sites for hydroxylation is 2. The van der Waals surface area contributed by atoms with Crippen LogP contribution in [0.4, 0.5) is 11.4 Å². The largest absolute Gasteiger partial charge is 0.478 e. The molecule has 4 rings (SSSR count). The van der Waals surface area contributed by atoms with E-state index < -0.39 is 16.0 Å². The Morgan fingerprint density at radius 1 is 1.03 bits per heavy atom. The van der Waals surface area contributed by atoms with E-state index in [1.165, 1.54) is 11.6 Å². The second-order valence-corrected chi connectivity index (χ2v) is 10.2. The van der Waals surface area contributed by atoms with Crippen LogP contribution in [0.3, 0.4) is 0 Å². The third-order valence-corrected chi connectivity index (χ3v) is 7.74. The first kappa shape index (κ1) is 23.1. The monoisotopic (exact) mass is 468 g/mol. The molecule has 1 aliphatic carbocycles. The summed E-state index contributed by atoms with van der Waals surface area (Å²) >= 11 is 0. The van der Waals surface area contributed by atoms with E-state index in [2.05, 4.69) is 15.7 Å². The van der Waals surface area contributed by atoms with Crippen LogP contribution in [0.2, 0.25) is 0 Å². The van der Waals surface area contributed by atoms with Crippen LogP contribution in [0.25, 0.3) is 0 Å². The average molecular weight is 469 g/mol. The second kappa shape index (κ2) is 9.81. The fourth-order valence-electron chi connectivity index (χ4n) is 4.56. The fraction of sp³-hybridized carbons (Fsp3) is 0.417. The maximum absolute atomic E-state index is 13.0. The normalized spacial score (nSPS) is 16.6. The van der Waals surface area contributed by atoms with Crippen molar-refractivity contribution in [3.05, 3.63) is 53.1 Å². The van der Waals surface area contributed by atoms with Crippen molar-refractivity contribution in [2.75, 3.05) is 42.3 Å². The van der Waals surface area contributed by atoms with Gasteiger partial charge in [-0.2, -0.15) is 5.26 Å². The van der Waals surface area contributed by atoms with Gasteiger partial charge in [-0.1, -0.05) is 6.07 Å². The molecule has 2 aromatic rings. The zero-order chi connectivity index (χ0) is 23.4. The molecule has 174 valence electrons. The molecule has 8 nitrogen and oxygen atoms in total. The van der Waals surface area contributed by atoms with Gasteiger partial charge in [0, 0.05) is 44.8 Å². The third-order valence-electron chi connectivity index (χ3n) is 6.36. The Labute approximate surface area is 194 Å². The number of hydrogen-bond donors (Lipinski definition) is 2. The zero-order valence-corrected chi connectivity index (χ0v) is 19.3. The van der Waals surface area contributed by atoms with Crippen molar-refractivity contribution >= 4 is 27.4 Å². The minimum absolute atomic E-state index is 0.0612. The predicted molar refractivity (Wildman–Crippen MR) is 126 cm³/mol. The number of rotatable bonds is 7. The van der Waals surface area contributed by atoms with Crippen LogP contribution in [0.15, 0.2) is 41.3 Å². The smallest absolute Gasteiger partial charge is 0.337 e. The van der Waals surface area contributed by atoms with Gasteiger partial charge < -0.3 is 10.0 Å². The van der Waals surface area contributed by atoms with Crippen molar-refractivity contribution in [1.82, 2.24) is 4.90 Å². The zero-order valence-electron chi connectivity index (χ0n) is 18.5. The highest BCUT2D eigenvalue weighted by Crippen LogP contribution is 2.29. The molecule has 1 saturated heterocycles. The Balaban J connectivity index is 1.52. The molecule has 1 aliphatic heterocycles. The molecule has 0 unspecified atom stereocenters. The van der Waals surface area contributed by atoms with Crippen LogP contribution < -0.4 is 9.62 Å². The van der Waals surface area contributed by atoms with Crippen molar-refractivity contribution in [3.8, 4) is 6.07 Å². The molecule has 0 spiro atoms. The highest BCUT2D eigenvalue weighted by Gasteiger charge is 2.23. The number of carbonyl (C=O) groups is 1. The number of fused-ring (bicyclic) bond motifs is 1. The van der Waals surface area contributed by atoms with Gasteiger partial charge in [-0.3, -0.25) is 9.62 Å². The molecule has 1 heterocycles. The summed E-state index contributed by atoms with van der Waals surface area (Å²) in [4.78, 5) is 16.3. The van der Waals surface area contributed by atoms with Crippen LogP contribution in [0.1, 0.15) is 40.7 Å². The maximum Gasteiger partial charge on any atom is 0.337 e. The van der Waals surface area contributed by atoms with E-state index in [1.54, 1.807) is 24.3 Å². The van der Waals surface area contributed by atoms with E-state index in [4.69, 9.17) is 5.26 Å². The van der Waals surface area contributed by atoms with E-state index in [0.29, 0.717) is 31.7 Å². The number of nitriles is 1. The van der Waals surface area contributed by atoms with Crippen LogP contribution in [0, 0.1) is 11.3 Å². The summed E-state index contributed by atoms with van der Waals surface area (Å²) < 4.78 is 28.5. The second-order valence-electron chi connectivity index (χ2n) is 8.52. The van der Waals surface area contributed by atoms with Gasteiger partial charge in [0.2, 0.25) is 0 Å². The summed E-state index contributed by atoms with van der Waals surface area (Å²) in [5, 5.41) is 18.5. The lowest BCUT2D eigenvalue weighted by atomic mass is 9.92. The van der Waals surface area contributed by atoms with E-state index in [-0.39, 0.29) is 16.1 Å². The number of aromatic carboxylic acids is 1. The first-order valence-electron chi connectivity index (χ1n) is 11.2. The Morgan fingerprint density at radius 3 is 2.45 bits per heavy atom. The van der Waals surface area contributed by atoms with Crippen LogP contribution in [-0.4, -0.2) is 57.1 Å². The molecule has 0 aromatic heterocycles. The highest BCUT2D eigenvalue weighted by molar-refractivity contribution is 7.92. The number of anilines is 2. The quantitative estimate of drug-likeness (QED) is 0.642. The van der Waals surface area contributed by atoms with Gasteiger partial charge in [-0.15, -0.1) is 0 Å². The Hall–Kier alpha value is -3.09. The lowest BCUT2D eigenvalue weighted by Crippen LogP contribution is -2.47. The standard InChI is InChI=1S/C24H28N4O4S/c25-10-3-11-27-12-14-28(15-13-27)23-9-7-20(17-22(23)24(29)30)26-33(31,32)21-8-6-18-4-1-2-5-19(18)16-21/h6-9,16-17,26H,1-5,11-15H2,(H,29,30). The maximum atomic E-state index is 13.0. The molecular formula is C24H28N4O4S. The molecule has 0 amide bonds. The van der Waals surface area contributed by atoms with Gasteiger partial charge in [0.25, 0.3) is 10.0 Å². The van der Waals surface area contributed by atoms with Gasteiger partial charge in [-0.25, -0.2) is 13.2 Å². The van der Waals surface area contributed by atoms with E-state index in [9.17, 15) is 18.3 Å².